The molecule has 0 bridgehead atoms. The summed E-state index contributed by atoms with van der Waals surface area (Å²) >= 11 is 1.55. The molecule has 0 unspecified atom stereocenters. The summed E-state index contributed by atoms with van der Waals surface area (Å²) in [4.78, 5) is 33.6. The maximum absolute atomic E-state index is 11.7. The van der Waals surface area contributed by atoms with Gasteiger partial charge in [0.2, 0.25) is 5.91 Å². The van der Waals surface area contributed by atoms with Crippen LogP contribution in [0.3, 0.4) is 0 Å². The number of carboxylic acids is 1. The first kappa shape index (κ1) is 17.7. The van der Waals surface area contributed by atoms with E-state index in [0.29, 0.717) is 12.2 Å². The first-order valence-electron chi connectivity index (χ1n) is 5.76. The summed E-state index contributed by atoms with van der Waals surface area (Å²) in [6.45, 7) is 0. The van der Waals surface area contributed by atoms with E-state index in [1.54, 1.807) is 11.8 Å². The Bertz CT molecular complexity index is 324. The van der Waals surface area contributed by atoms with Gasteiger partial charge in [-0.25, -0.2) is 4.79 Å². The van der Waals surface area contributed by atoms with Crippen LogP contribution in [0.2, 0.25) is 0 Å². The lowest BCUT2D eigenvalue weighted by atomic mass is 10.1. The number of carbonyl (C=O) groups excluding carboxylic acids is 2. The summed E-state index contributed by atoms with van der Waals surface area (Å²) in [5.41, 5.74) is 5.62. The van der Waals surface area contributed by atoms with Gasteiger partial charge in [-0.3, -0.25) is 9.59 Å². The minimum absolute atomic E-state index is 0.0248. The fourth-order valence-corrected chi connectivity index (χ4v) is 1.77. The van der Waals surface area contributed by atoms with Crippen molar-refractivity contribution in [2.24, 2.45) is 5.73 Å². The number of aliphatic carboxylic acids is 1. The number of nitrogens with one attached hydrogen (secondary N) is 1. The van der Waals surface area contributed by atoms with Crippen LogP contribution in [-0.2, 0) is 19.1 Å². The van der Waals surface area contributed by atoms with Gasteiger partial charge in [-0.15, -0.1) is 0 Å². The van der Waals surface area contributed by atoms with Gasteiger partial charge in [0.1, 0.15) is 6.04 Å². The molecule has 0 aliphatic carbocycles. The molecule has 0 radical (unpaired) electrons. The number of carboxylic acid groups (broad SMARTS) is 1. The monoisotopic (exact) mass is 292 g/mol. The standard InChI is InChI=1S/C11H20N2O5S/c1-18-9(14)4-3-8(11(16)17)13-10(15)7(12)5-6-19-2/h7-8H,3-6,12H2,1-2H3,(H,13,15)(H,16,17)/t7-,8+/m1/s1. The number of methoxy groups -OCH3 is 1. The first-order chi connectivity index (χ1) is 8.92. The Balaban J connectivity index is 4.29. The number of esters is 1. The zero-order chi connectivity index (χ0) is 14.8. The molecule has 0 aromatic heterocycles. The predicted molar refractivity (Wildman–Crippen MR) is 71.8 cm³/mol. The number of thioether (sulfide) groups is 1. The second-order valence-electron chi connectivity index (χ2n) is 3.90. The second kappa shape index (κ2) is 9.62. The van der Waals surface area contributed by atoms with Gasteiger partial charge in [-0.05, 0) is 24.9 Å². The van der Waals surface area contributed by atoms with Crippen LogP contribution in [0.25, 0.3) is 0 Å². The van der Waals surface area contributed by atoms with Crippen molar-refractivity contribution in [1.29, 1.82) is 0 Å². The molecule has 4 N–H and O–H groups in total. The van der Waals surface area contributed by atoms with Gasteiger partial charge in [-0.1, -0.05) is 0 Å². The predicted octanol–water partition coefficient (Wildman–Crippen LogP) is -0.411. The van der Waals surface area contributed by atoms with E-state index in [-0.39, 0.29) is 12.8 Å². The molecule has 0 fully saturated rings. The summed E-state index contributed by atoms with van der Waals surface area (Å²) in [6, 6.07) is -1.88. The molecular formula is C11H20N2O5S. The minimum atomic E-state index is -1.20. The summed E-state index contributed by atoms with van der Waals surface area (Å²) in [6.07, 6.45) is 2.26. The van der Waals surface area contributed by atoms with Crippen LogP contribution in [0.15, 0.2) is 0 Å². The van der Waals surface area contributed by atoms with Crippen molar-refractivity contribution in [2.75, 3.05) is 19.1 Å². The quantitative estimate of drug-likeness (QED) is 0.494. The molecule has 0 rings (SSSR count). The van der Waals surface area contributed by atoms with E-state index < -0.39 is 29.9 Å². The average Bonchev–Trinajstić information content (AvgIpc) is 2.39. The molecule has 0 aromatic carbocycles. The Kier molecular flexibility index (Phi) is 8.98. The Morgan fingerprint density at radius 2 is 2.00 bits per heavy atom. The number of nitrogens with two attached hydrogens (primary N) is 1. The third-order valence-electron chi connectivity index (χ3n) is 2.45. The largest absolute Gasteiger partial charge is 0.480 e. The van der Waals surface area contributed by atoms with Crippen LogP contribution in [-0.4, -0.2) is 54.2 Å². The molecule has 110 valence electrons. The van der Waals surface area contributed by atoms with E-state index >= 15 is 0 Å². The Labute approximate surface area is 116 Å². The zero-order valence-electron chi connectivity index (χ0n) is 11.0. The number of ether oxygens (including phenoxy) is 1. The lowest BCUT2D eigenvalue weighted by molar-refractivity contribution is -0.144. The molecule has 0 heterocycles. The van der Waals surface area contributed by atoms with Crippen molar-refractivity contribution in [1.82, 2.24) is 5.32 Å². The van der Waals surface area contributed by atoms with Crippen molar-refractivity contribution in [3.63, 3.8) is 0 Å². The van der Waals surface area contributed by atoms with Crippen LogP contribution < -0.4 is 11.1 Å². The van der Waals surface area contributed by atoms with E-state index in [1.807, 2.05) is 6.26 Å². The summed E-state index contributed by atoms with van der Waals surface area (Å²) in [5, 5.41) is 11.3. The normalized spacial score (nSPS) is 13.4. The molecule has 0 saturated heterocycles. The molecule has 19 heavy (non-hydrogen) atoms. The molecule has 0 aromatic rings. The highest BCUT2D eigenvalue weighted by molar-refractivity contribution is 7.98. The second-order valence-corrected chi connectivity index (χ2v) is 4.89. The average molecular weight is 292 g/mol. The molecule has 2 atom stereocenters. The Morgan fingerprint density at radius 1 is 1.37 bits per heavy atom. The lowest BCUT2D eigenvalue weighted by Crippen LogP contribution is -2.48. The molecule has 1 amide bonds. The molecular weight excluding hydrogens is 272 g/mol. The number of amides is 1. The number of hydrogen-bond acceptors (Lipinski definition) is 6. The smallest absolute Gasteiger partial charge is 0.326 e. The fraction of sp³-hybridized carbons (Fsp3) is 0.727. The number of hydrogen-bond donors (Lipinski definition) is 3. The van der Waals surface area contributed by atoms with E-state index in [1.165, 1.54) is 7.11 Å². The molecule has 0 aliphatic heterocycles. The summed E-state index contributed by atoms with van der Waals surface area (Å²) in [5.74, 6) is -1.53. The van der Waals surface area contributed by atoms with Gasteiger partial charge in [-0.2, -0.15) is 11.8 Å². The van der Waals surface area contributed by atoms with E-state index in [0.717, 1.165) is 0 Å². The zero-order valence-corrected chi connectivity index (χ0v) is 11.9. The van der Waals surface area contributed by atoms with Crippen LogP contribution in [0, 0.1) is 0 Å². The summed E-state index contributed by atoms with van der Waals surface area (Å²) < 4.78 is 4.41. The Morgan fingerprint density at radius 3 is 2.47 bits per heavy atom. The van der Waals surface area contributed by atoms with Gasteiger partial charge in [0, 0.05) is 6.42 Å². The third kappa shape index (κ3) is 7.68. The van der Waals surface area contributed by atoms with E-state index in [9.17, 15) is 14.4 Å². The SMILES string of the molecule is COC(=O)CC[C@H](NC(=O)[C@H](N)CCSC)C(=O)O. The molecule has 0 aliphatic rings. The van der Waals surface area contributed by atoms with Crippen molar-refractivity contribution >= 4 is 29.6 Å². The van der Waals surface area contributed by atoms with Crippen LogP contribution in [0.5, 0.6) is 0 Å². The highest BCUT2D eigenvalue weighted by Crippen LogP contribution is 2.02. The fourth-order valence-electron chi connectivity index (χ4n) is 1.28. The molecule has 0 saturated carbocycles. The molecule has 8 heteroatoms. The minimum Gasteiger partial charge on any atom is -0.480 e. The lowest BCUT2D eigenvalue weighted by Gasteiger charge is -2.17. The number of carbonyl (C=O) groups is 3. The van der Waals surface area contributed by atoms with E-state index in [2.05, 4.69) is 10.1 Å². The molecule has 0 spiro atoms. The summed E-state index contributed by atoms with van der Waals surface area (Å²) in [7, 11) is 1.22. The Hall–Kier alpha value is -1.28. The maximum Gasteiger partial charge on any atom is 0.326 e. The van der Waals surface area contributed by atoms with Crippen LogP contribution >= 0.6 is 11.8 Å². The highest BCUT2D eigenvalue weighted by atomic mass is 32.2. The topological polar surface area (TPSA) is 119 Å². The number of rotatable bonds is 9. The van der Waals surface area contributed by atoms with Crippen molar-refractivity contribution < 1.29 is 24.2 Å². The maximum atomic E-state index is 11.7. The third-order valence-corrected chi connectivity index (χ3v) is 3.09. The van der Waals surface area contributed by atoms with Gasteiger partial charge < -0.3 is 20.9 Å². The van der Waals surface area contributed by atoms with Crippen LogP contribution in [0.4, 0.5) is 0 Å². The van der Waals surface area contributed by atoms with Crippen molar-refractivity contribution in [3.8, 4) is 0 Å². The van der Waals surface area contributed by atoms with Crippen molar-refractivity contribution in [3.05, 3.63) is 0 Å². The highest BCUT2D eigenvalue weighted by Gasteiger charge is 2.23. The van der Waals surface area contributed by atoms with Crippen molar-refractivity contribution in [2.45, 2.75) is 31.3 Å². The van der Waals surface area contributed by atoms with Crippen LogP contribution in [0.1, 0.15) is 19.3 Å². The van der Waals surface area contributed by atoms with Gasteiger partial charge in [0.25, 0.3) is 0 Å². The van der Waals surface area contributed by atoms with Gasteiger partial charge >= 0.3 is 11.9 Å². The molecule has 7 nitrogen and oxygen atoms in total. The first-order valence-corrected chi connectivity index (χ1v) is 7.16. The van der Waals surface area contributed by atoms with Gasteiger partial charge in [0.15, 0.2) is 0 Å². The van der Waals surface area contributed by atoms with E-state index in [4.69, 9.17) is 10.8 Å². The van der Waals surface area contributed by atoms with Gasteiger partial charge in [0.05, 0.1) is 13.2 Å².